The molecule has 1 amide bonds. The Morgan fingerprint density at radius 2 is 2.19 bits per heavy atom. The molecular weight excluding hydrogens is 271 g/mol. The zero-order valence-corrected chi connectivity index (χ0v) is 12.6. The number of benzene rings is 1. The third kappa shape index (κ3) is 5.10. The Kier molecular flexibility index (Phi) is 5.70. The summed E-state index contributed by atoms with van der Waals surface area (Å²) in [6, 6.07) is 6.31. The molecule has 1 aromatic rings. The standard InChI is InChI=1S/C16H23FN2O2/c1-12(13-3-5-14(17)6-4-13)9-16(20)18-10-15-11-19(2)7-8-21-15/h3-6,12,15H,7-11H2,1-2H3,(H,18,20). The van der Waals surface area contributed by atoms with Gasteiger partial charge in [0.2, 0.25) is 5.91 Å². The van der Waals surface area contributed by atoms with Gasteiger partial charge in [-0.3, -0.25) is 4.79 Å². The first-order chi connectivity index (χ1) is 10.0. The highest BCUT2D eigenvalue weighted by Crippen LogP contribution is 2.19. The van der Waals surface area contributed by atoms with E-state index in [1.54, 1.807) is 12.1 Å². The fourth-order valence-electron chi connectivity index (χ4n) is 2.48. The molecule has 5 heteroatoms. The van der Waals surface area contributed by atoms with E-state index in [2.05, 4.69) is 10.2 Å². The van der Waals surface area contributed by atoms with Gasteiger partial charge in [-0.2, -0.15) is 0 Å². The highest BCUT2D eigenvalue weighted by atomic mass is 19.1. The molecule has 1 aliphatic heterocycles. The molecule has 2 atom stereocenters. The van der Waals surface area contributed by atoms with Crippen LogP contribution in [0.3, 0.4) is 0 Å². The number of nitrogens with zero attached hydrogens (tertiary/aromatic N) is 1. The lowest BCUT2D eigenvalue weighted by atomic mass is 9.97. The van der Waals surface area contributed by atoms with Crippen molar-refractivity contribution in [3.63, 3.8) is 0 Å². The highest BCUT2D eigenvalue weighted by Gasteiger charge is 2.19. The van der Waals surface area contributed by atoms with Crippen molar-refractivity contribution < 1.29 is 13.9 Å². The molecule has 0 bridgehead atoms. The summed E-state index contributed by atoms with van der Waals surface area (Å²) in [6.45, 7) is 5.00. The topological polar surface area (TPSA) is 41.6 Å². The van der Waals surface area contributed by atoms with E-state index < -0.39 is 0 Å². The van der Waals surface area contributed by atoms with Gasteiger partial charge in [0.05, 0.1) is 12.7 Å². The minimum atomic E-state index is -0.256. The summed E-state index contributed by atoms with van der Waals surface area (Å²) < 4.78 is 18.5. The first-order valence-corrected chi connectivity index (χ1v) is 7.37. The van der Waals surface area contributed by atoms with Crippen LogP contribution in [0.2, 0.25) is 0 Å². The average molecular weight is 294 g/mol. The van der Waals surface area contributed by atoms with Gasteiger partial charge >= 0.3 is 0 Å². The maximum absolute atomic E-state index is 12.9. The first-order valence-electron chi connectivity index (χ1n) is 7.37. The second-order valence-corrected chi connectivity index (χ2v) is 5.72. The van der Waals surface area contributed by atoms with Crippen LogP contribution in [0, 0.1) is 5.82 Å². The van der Waals surface area contributed by atoms with Crippen molar-refractivity contribution >= 4 is 5.91 Å². The van der Waals surface area contributed by atoms with Gasteiger partial charge in [0.25, 0.3) is 0 Å². The molecule has 1 aliphatic rings. The summed E-state index contributed by atoms with van der Waals surface area (Å²) in [5.74, 6) is -0.182. The summed E-state index contributed by atoms with van der Waals surface area (Å²) >= 11 is 0. The predicted octanol–water partition coefficient (Wildman–Crippen LogP) is 1.77. The number of ether oxygens (including phenoxy) is 1. The van der Waals surface area contributed by atoms with Crippen molar-refractivity contribution in [2.24, 2.45) is 0 Å². The lowest BCUT2D eigenvalue weighted by Gasteiger charge is -2.30. The molecule has 0 aromatic heterocycles. The number of likely N-dealkylation sites (N-methyl/N-ethyl adjacent to an activating group) is 1. The van der Waals surface area contributed by atoms with Gasteiger partial charge in [0, 0.05) is 26.1 Å². The minimum Gasteiger partial charge on any atom is -0.374 e. The molecule has 4 nitrogen and oxygen atoms in total. The maximum atomic E-state index is 12.9. The van der Waals surface area contributed by atoms with E-state index in [0.29, 0.717) is 19.6 Å². The Labute approximate surface area is 125 Å². The number of halogens is 1. The molecule has 0 aliphatic carbocycles. The van der Waals surface area contributed by atoms with Gasteiger partial charge in [0.15, 0.2) is 0 Å². The summed E-state index contributed by atoms with van der Waals surface area (Å²) in [4.78, 5) is 14.2. The molecule has 1 N–H and O–H groups in total. The largest absolute Gasteiger partial charge is 0.374 e. The molecular formula is C16H23FN2O2. The molecule has 2 unspecified atom stereocenters. The SMILES string of the molecule is CC(CC(=O)NCC1CN(C)CCO1)c1ccc(F)cc1. The van der Waals surface area contributed by atoms with Crippen LogP contribution in [-0.4, -0.2) is 50.2 Å². The van der Waals surface area contributed by atoms with Crippen LogP contribution in [0.1, 0.15) is 24.8 Å². The zero-order valence-electron chi connectivity index (χ0n) is 12.6. The maximum Gasteiger partial charge on any atom is 0.220 e. The number of carbonyl (C=O) groups excluding carboxylic acids is 1. The van der Waals surface area contributed by atoms with E-state index in [1.165, 1.54) is 12.1 Å². The lowest BCUT2D eigenvalue weighted by molar-refractivity contribution is -0.122. The van der Waals surface area contributed by atoms with Crippen LogP contribution in [0.4, 0.5) is 4.39 Å². The van der Waals surface area contributed by atoms with Crippen LogP contribution in [-0.2, 0) is 9.53 Å². The van der Waals surface area contributed by atoms with Gasteiger partial charge in [-0.25, -0.2) is 4.39 Å². The van der Waals surface area contributed by atoms with E-state index in [1.807, 2.05) is 14.0 Å². The number of carbonyl (C=O) groups is 1. The number of morpholine rings is 1. The van der Waals surface area contributed by atoms with Gasteiger partial charge < -0.3 is 15.0 Å². The third-order valence-electron chi connectivity index (χ3n) is 3.80. The Balaban J connectivity index is 1.74. The molecule has 0 spiro atoms. The molecule has 1 heterocycles. The third-order valence-corrected chi connectivity index (χ3v) is 3.80. The van der Waals surface area contributed by atoms with Crippen LogP contribution in [0.25, 0.3) is 0 Å². The quantitative estimate of drug-likeness (QED) is 0.900. The Morgan fingerprint density at radius 3 is 2.86 bits per heavy atom. The first kappa shape index (κ1) is 15.9. The minimum absolute atomic E-state index is 0.00338. The van der Waals surface area contributed by atoms with Crippen molar-refractivity contribution in [2.45, 2.75) is 25.4 Å². The van der Waals surface area contributed by atoms with Crippen molar-refractivity contribution in [1.82, 2.24) is 10.2 Å². The van der Waals surface area contributed by atoms with E-state index in [4.69, 9.17) is 4.74 Å². The normalized spacial score (nSPS) is 21.0. The van der Waals surface area contributed by atoms with Crippen LogP contribution in [0.15, 0.2) is 24.3 Å². The summed E-state index contributed by atoms with van der Waals surface area (Å²) in [6.07, 6.45) is 0.461. The van der Waals surface area contributed by atoms with E-state index in [9.17, 15) is 9.18 Å². The number of rotatable bonds is 5. The number of nitrogens with one attached hydrogen (secondary N) is 1. The molecule has 0 saturated carbocycles. The van der Waals surface area contributed by atoms with Crippen LogP contribution in [0.5, 0.6) is 0 Å². The van der Waals surface area contributed by atoms with E-state index in [0.717, 1.165) is 18.7 Å². The van der Waals surface area contributed by atoms with E-state index in [-0.39, 0.29) is 23.7 Å². The van der Waals surface area contributed by atoms with Gasteiger partial charge in [0.1, 0.15) is 5.82 Å². The second kappa shape index (κ2) is 7.52. The van der Waals surface area contributed by atoms with Crippen LogP contribution >= 0.6 is 0 Å². The molecule has 2 rings (SSSR count). The Morgan fingerprint density at radius 1 is 1.48 bits per heavy atom. The van der Waals surface area contributed by atoms with Crippen molar-refractivity contribution in [3.05, 3.63) is 35.6 Å². The number of amides is 1. The van der Waals surface area contributed by atoms with Crippen molar-refractivity contribution in [1.29, 1.82) is 0 Å². The molecule has 0 radical (unpaired) electrons. The summed E-state index contributed by atoms with van der Waals surface area (Å²) in [5.41, 5.74) is 0.972. The lowest BCUT2D eigenvalue weighted by Crippen LogP contribution is -2.46. The Hall–Kier alpha value is -1.46. The predicted molar refractivity (Wildman–Crippen MR) is 79.7 cm³/mol. The number of hydrogen-bond donors (Lipinski definition) is 1. The molecule has 116 valence electrons. The highest BCUT2D eigenvalue weighted by molar-refractivity contribution is 5.76. The second-order valence-electron chi connectivity index (χ2n) is 5.72. The van der Waals surface area contributed by atoms with E-state index >= 15 is 0 Å². The molecule has 21 heavy (non-hydrogen) atoms. The fourth-order valence-corrected chi connectivity index (χ4v) is 2.48. The fraction of sp³-hybridized carbons (Fsp3) is 0.562. The van der Waals surface area contributed by atoms with Crippen molar-refractivity contribution in [3.8, 4) is 0 Å². The Bertz CT molecular complexity index is 464. The van der Waals surface area contributed by atoms with Gasteiger partial charge in [-0.05, 0) is 30.7 Å². The molecule has 1 fully saturated rings. The summed E-state index contributed by atoms with van der Waals surface area (Å²) in [7, 11) is 2.05. The van der Waals surface area contributed by atoms with Crippen LogP contribution < -0.4 is 5.32 Å². The number of hydrogen-bond acceptors (Lipinski definition) is 3. The summed E-state index contributed by atoms with van der Waals surface area (Å²) in [5, 5.41) is 2.92. The monoisotopic (exact) mass is 294 g/mol. The van der Waals surface area contributed by atoms with Crippen molar-refractivity contribution in [2.75, 3.05) is 33.3 Å². The molecule has 1 saturated heterocycles. The van der Waals surface area contributed by atoms with Gasteiger partial charge in [-0.15, -0.1) is 0 Å². The van der Waals surface area contributed by atoms with Gasteiger partial charge in [-0.1, -0.05) is 19.1 Å². The smallest absolute Gasteiger partial charge is 0.220 e. The average Bonchev–Trinajstić information content (AvgIpc) is 2.46. The molecule has 1 aromatic carbocycles. The zero-order chi connectivity index (χ0) is 15.2.